The van der Waals surface area contributed by atoms with E-state index < -0.39 is 10.0 Å². The molecule has 0 saturated heterocycles. The predicted molar refractivity (Wildman–Crippen MR) is 129 cm³/mol. The van der Waals surface area contributed by atoms with Gasteiger partial charge in [-0.25, -0.2) is 8.42 Å². The molecule has 0 heterocycles. The van der Waals surface area contributed by atoms with E-state index in [1.807, 2.05) is 30.3 Å². The summed E-state index contributed by atoms with van der Waals surface area (Å²) in [5.74, 6) is 2.01. The van der Waals surface area contributed by atoms with Crippen LogP contribution in [0, 0.1) is 17.8 Å². The van der Waals surface area contributed by atoms with Crippen LogP contribution in [-0.4, -0.2) is 38.3 Å². The Morgan fingerprint density at radius 1 is 1.15 bits per heavy atom. The fourth-order valence-electron chi connectivity index (χ4n) is 5.62. The number of nitrogens with one attached hydrogen (secondary N) is 1. The molecule has 4 atom stereocenters. The van der Waals surface area contributed by atoms with Gasteiger partial charge in [-0.05, 0) is 67.7 Å². The maximum atomic E-state index is 13.6. The van der Waals surface area contributed by atoms with Gasteiger partial charge >= 0.3 is 0 Å². The van der Waals surface area contributed by atoms with Gasteiger partial charge in [0, 0.05) is 24.7 Å². The van der Waals surface area contributed by atoms with Crippen molar-refractivity contribution in [3.05, 3.63) is 59.7 Å². The minimum Gasteiger partial charge on any atom is -0.495 e. The lowest BCUT2D eigenvalue weighted by molar-refractivity contribution is 0.0915. The lowest BCUT2D eigenvalue weighted by atomic mass is 9.84. The summed E-state index contributed by atoms with van der Waals surface area (Å²) < 4.78 is 33.9. The highest BCUT2D eigenvalue weighted by Crippen LogP contribution is 2.49. The summed E-state index contributed by atoms with van der Waals surface area (Å²) in [7, 11) is -2.43. The largest absolute Gasteiger partial charge is 0.495 e. The predicted octanol–water partition coefficient (Wildman–Crippen LogP) is 4.46. The van der Waals surface area contributed by atoms with Crippen LogP contribution < -0.4 is 10.1 Å². The van der Waals surface area contributed by atoms with Crippen molar-refractivity contribution in [1.29, 1.82) is 0 Å². The van der Waals surface area contributed by atoms with Crippen LogP contribution in [0.15, 0.2) is 53.4 Å². The molecule has 1 amide bonds. The van der Waals surface area contributed by atoms with Gasteiger partial charge in [-0.1, -0.05) is 43.7 Å². The summed E-state index contributed by atoms with van der Waals surface area (Å²) >= 11 is 0. The first-order chi connectivity index (χ1) is 15.8. The highest BCUT2D eigenvalue weighted by molar-refractivity contribution is 7.89. The van der Waals surface area contributed by atoms with E-state index in [9.17, 15) is 13.2 Å². The van der Waals surface area contributed by atoms with E-state index in [0.29, 0.717) is 23.9 Å². The van der Waals surface area contributed by atoms with Crippen LogP contribution in [0.3, 0.4) is 0 Å². The van der Waals surface area contributed by atoms with Crippen molar-refractivity contribution in [3.63, 3.8) is 0 Å². The second-order valence-corrected chi connectivity index (χ2v) is 11.3. The van der Waals surface area contributed by atoms with Gasteiger partial charge in [0.1, 0.15) is 10.6 Å². The molecule has 2 aliphatic carbocycles. The smallest absolute Gasteiger partial charge is 0.251 e. The topological polar surface area (TPSA) is 75.7 Å². The van der Waals surface area contributed by atoms with Gasteiger partial charge in [-0.3, -0.25) is 4.79 Å². The number of hydrogen-bond donors (Lipinski definition) is 1. The quantitative estimate of drug-likeness (QED) is 0.587. The molecule has 1 N–H and O–H groups in total. The summed E-state index contributed by atoms with van der Waals surface area (Å²) in [4.78, 5) is 13.1. The Balaban J connectivity index is 1.55. The Labute approximate surface area is 197 Å². The summed E-state index contributed by atoms with van der Waals surface area (Å²) in [6, 6.07) is 14.2. The summed E-state index contributed by atoms with van der Waals surface area (Å²) in [6.07, 6.45) is 5.04. The molecule has 2 fully saturated rings. The normalized spacial score (nSPS) is 23.0. The van der Waals surface area contributed by atoms with Gasteiger partial charge in [-0.2, -0.15) is 4.31 Å². The average Bonchev–Trinajstić information content (AvgIpc) is 3.46. The van der Waals surface area contributed by atoms with E-state index in [1.165, 1.54) is 43.2 Å². The van der Waals surface area contributed by atoms with Crippen molar-refractivity contribution >= 4 is 15.9 Å². The van der Waals surface area contributed by atoms with Gasteiger partial charge in [0.05, 0.1) is 7.11 Å². The monoisotopic (exact) mass is 470 g/mol. The maximum Gasteiger partial charge on any atom is 0.251 e. The Morgan fingerprint density at radius 3 is 2.52 bits per heavy atom. The number of carbonyl (C=O) groups is 1. The molecule has 0 aromatic heterocycles. The number of nitrogens with zero attached hydrogens (tertiary/aromatic N) is 1. The summed E-state index contributed by atoms with van der Waals surface area (Å²) in [5, 5.41) is 3.13. The molecule has 2 saturated carbocycles. The van der Waals surface area contributed by atoms with Crippen molar-refractivity contribution in [1.82, 2.24) is 9.62 Å². The molecule has 2 aliphatic rings. The lowest BCUT2D eigenvalue weighted by Gasteiger charge is -2.28. The van der Waals surface area contributed by atoms with Gasteiger partial charge in [0.15, 0.2) is 0 Å². The fraction of sp³-hybridized carbons (Fsp3) is 0.500. The first-order valence-corrected chi connectivity index (χ1v) is 13.3. The van der Waals surface area contributed by atoms with Crippen molar-refractivity contribution in [2.45, 2.75) is 57.0 Å². The standard InChI is InChI=1S/C26H34N2O4S/c1-4-28(17-19-8-6-5-7-9-19)33(30,31)25-16-22(12-13-24(25)32-3)26(29)27-18(2)23-15-20-10-11-21(23)14-20/h5-9,12-13,16,18,20-21,23H,4,10-11,14-15,17H2,1-3H3,(H,27,29)/t18-,20-,21-,23+/m1/s1. The van der Waals surface area contributed by atoms with Crippen molar-refractivity contribution in [2.24, 2.45) is 17.8 Å². The van der Waals surface area contributed by atoms with Gasteiger partial charge in [0.2, 0.25) is 10.0 Å². The van der Waals surface area contributed by atoms with Crippen LogP contribution in [0.5, 0.6) is 5.75 Å². The number of carbonyl (C=O) groups excluding carboxylic acids is 1. The van der Waals surface area contributed by atoms with E-state index in [0.717, 1.165) is 11.5 Å². The fourth-order valence-corrected chi connectivity index (χ4v) is 7.23. The number of methoxy groups -OCH3 is 1. The zero-order chi connectivity index (χ0) is 23.6. The van der Waals surface area contributed by atoms with E-state index in [4.69, 9.17) is 4.74 Å². The third-order valence-electron chi connectivity index (χ3n) is 7.39. The minimum absolute atomic E-state index is 0.0167. The van der Waals surface area contributed by atoms with Crippen LogP contribution in [0.2, 0.25) is 0 Å². The van der Waals surface area contributed by atoms with Gasteiger partial charge in [-0.15, -0.1) is 0 Å². The Kier molecular flexibility index (Phi) is 7.10. The lowest BCUT2D eigenvalue weighted by Crippen LogP contribution is -2.40. The first-order valence-electron chi connectivity index (χ1n) is 11.9. The number of sulfonamides is 1. The van der Waals surface area contributed by atoms with Crippen LogP contribution in [0.25, 0.3) is 0 Å². The molecule has 0 spiro atoms. The van der Waals surface area contributed by atoms with E-state index in [2.05, 4.69) is 12.2 Å². The highest BCUT2D eigenvalue weighted by Gasteiger charge is 2.42. The van der Waals surface area contributed by atoms with Gasteiger partial charge in [0.25, 0.3) is 5.91 Å². The van der Waals surface area contributed by atoms with Gasteiger partial charge < -0.3 is 10.1 Å². The molecule has 178 valence electrons. The molecule has 4 rings (SSSR count). The highest BCUT2D eigenvalue weighted by atomic mass is 32.2. The number of rotatable bonds is 9. The Bertz CT molecular complexity index is 1090. The molecule has 2 aromatic carbocycles. The number of benzene rings is 2. The Morgan fingerprint density at radius 2 is 1.91 bits per heavy atom. The number of hydrogen-bond acceptors (Lipinski definition) is 4. The van der Waals surface area contributed by atoms with E-state index in [-0.39, 0.29) is 29.1 Å². The van der Waals surface area contributed by atoms with Crippen LogP contribution in [-0.2, 0) is 16.6 Å². The molecule has 0 aliphatic heterocycles. The third kappa shape index (κ3) is 4.94. The Hall–Kier alpha value is -2.38. The molecule has 0 radical (unpaired) electrons. The molecule has 33 heavy (non-hydrogen) atoms. The average molecular weight is 471 g/mol. The number of ether oxygens (including phenoxy) is 1. The van der Waals surface area contributed by atoms with E-state index >= 15 is 0 Å². The molecular formula is C26H34N2O4S. The molecule has 0 unspecified atom stereocenters. The number of amides is 1. The van der Waals surface area contributed by atoms with Crippen LogP contribution in [0.4, 0.5) is 0 Å². The number of fused-ring (bicyclic) bond motifs is 2. The van der Waals surface area contributed by atoms with Crippen molar-refractivity contribution in [3.8, 4) is 5.75 Å². The second-order valence-electron chi connectivity index (χ2n) is 9.38. The summed E-state index contributed by atoms with van der Waals surface area (Å²) in [6.45, 7) is 4.43. The summed E-state index contributed by atoms with van der Waals surface area (Å²) in [5.41, 5.74) is 1.23. The van der Waals surface area contributed by atoms with E-state index in [1.54, 1.807) is 19.1 Å². The van der Waals surface area contributed by atoms with Crippen molar-refractivity contribution < 1.29 is 17.9 Å². The molecule has 6 nitrogen and oxygen atoms in total. The molecule has 2 bridgehead atoms. The maximum absolute atomic E-state index is 13.6. The third-order valence-corrected chi connectivity index (χ3v) is 9.33. The zero-order valence-electron chi connectivity index (χ0n) is 19.7. The zero-order valence-corrected chi connectivity index (χ0v) is 20.5. The van der Waals surface area contributed by atoms with Crippen LogP contribution in [0.1, 0.15) is 55.5 Å². The van der Waals surface area contributed by atoms with Crippen molar-refractivity contribution in [2.75, 3.05) is 13.7 Å². The SMILES string of the molecule is CCN(Cc1ccccc1)S(=O)(=O)c1cc(C(=O)N[C@H](C)[C@@H]2C[C@@H]3CC[C@@H]2C3)ccc1OC. The second kappa shape index (κ2) is 9.85. The first kappa shape index (κ1) is 23.8. The molecular weight excluding hydrogens is 436 g/mol. The van der Waals surface area contributed by atoms with Crippen LogP contribution >= 0.6 is 0 Å². The molecule has 2 aromatic rings. The minimum atomic E-state index is -3.87. The molecule has 7 heteroatoms.